The van der Waals surface area contributed by atoms with Crippen LogP contribution in [0.15, 0.2) is 0 Å². The second kappa shape index (κ2) is 6.38. The summed E-state index contributed by atoms with van der Waals surface area (Å²) in [7, 11) is -3.74. The molecule has 1 fully saturated rings. The minimum Gasteiger partial charge on any atom is -0.394 e. The Bertz CT molecular complexity index is 385. The van der Waals surface area contributed by atoms with Gasteiger partial charge in [0.2, 0.25) is 10.0 Å². The van der Waals surface area contributed by atoms with E-state index in [0.29, 0.717) is 0 Å². The standard InChI is InChI=1S/C10H18F3NO4S/c1-8-5-14(6-9(7-15)18-8)19(16,17)4-2-3-10(11,12)13/h8-9,15H,2-7H2,1H3. The Kier molecular flexibility index (Phi) is 5.60. The monoisotopic (exact) mass is 305 g/mol. The maximum absolute atomic E-state index is 12.0. The summed E-state index contributed by atoms with van der Waals surface area (Å²) in [5.74, 6) is -0.544. The summed E-state index contributed by atoms with van der Waals surface area (Å²) < 4.78 is 66.1. The first kappa shape index (κ1) is 16.7. The van der Waals surface area contributed by atoms with E-state index in [-0.39, 0.29) is 25.8 Å². The molecule has 0 saturated carbocycles. The van der Waals surface area contributed by atoms with Crippen molar-refractivity contribution in [2.24, 2.45) is 0 Å². The van der Waals surface area contributed by atoms with Crippen LogP contribution in [0.5, 0.6) is 0 Å². The minimum absolute atomic E-state index is 0.0187. The first-order valence-corrected chi connectivity index (χ1v) is 7.56. The van der Waals surface area contributed by atoms with Gasteiger partial charge in [-0.25, -0.2) is 8.42 Å². The number of halogens is 3. The molecule has 0 bridgehead atoms. The fourth-order valence-electron chi connectivity index (χ4n) is 1.92. The van der Waals surface area contributed by atoms with Crippen molar-refractivity contribution >= 4 is 10.0 Å². The normalized spacial score (nSPS) is 26.6. The van der Waals surface area contributed by atoms with Gasteiger partial charge in [-0.2, -0.15) is 17.5 Å². The average molecular weight is 305 g/mol. The van der Waals surface area contributed by atoms with E-state index in [1.54, 1.807) is 6.92 Å². The van der Waals surface area contributed by atoms with Crippen LogP contribution in [0, 0.1) is 0 Å². The molecule has 1 aliphatic heterocycles. The summed E-state index contributed by atoms with van der Waals surface area (Å²) >= 11 is 0. The van der Waals surface area contributed by atoms with Crippen molar-refractivity contribution in [1.82, 2.24) is 4.31 Å². The molecule has 2 atom stereocenters. The zero-order valence-corrected chi connectivity index (χ0v) is 11.4. The number of morpholine rings is 1. The lowest BCUT2D eigenvalue weighted by Gasteiger charge is -2.35. The van der Waals surface area contributed by atoms with E-state index in [1.807, 2.05) is 0 Å². The highest BCUT2D eigenvalue weighted by Gasteiger charge is 2.33. The van der Waals surface area contributed by atoms with E-state index in [1.165, 1.54) is 0 Å². The molecular weight excluding hydrogens is 287 g/mol. The van der Waals surface area contributed by atoms with E-state index in [9.17, 15) is 21.6 Å². The molecule has 1 rings (SSSR count). The Hall–Kier alpha value is -0.380. The molecule has 0 aromatic heterocycles. The number of hydrogen-bond acceptors (Lipinski definition) is 4. The van der Waals surface area contributed by atoms with Gasteiger partial charge in [0.25, 0.3) is 0 Å². The van der Waals surface area contributed by atoms with Gasteiger partial charge in [-0.3, -0.25) is 0 Å². The Morgan fingerprint density at radius 3 is 2.53 bits per heavy atom. The summed E-state index contributed by atoms with van der Waals surface area (Å²) in [6.45, 7) is 1.42. The van der Waals surface area contributed by atoms with E-state index >= 15 is 0 Å². The maximum Gasteiger partial charge on any atom is 0.389 e. The van der Waals surface area contributed by atoms with Gasteiger partial charge in [0, 0.05) is 19.5 Å². The Labute approximate surface area is 110 Å². The third-order valence-corrected chi connectivity index (χ3v) is 4.64. The molecule has 1 N–H and O–H groups in total. The van der Waals surface area contributed by atoms with Crippen molar-refractivity contribution in [2.45, 2.75) is 38.1 Å². The van der Waals surface area contributed by atoms with E-state index in [0.717, 1.165) is 4.31 Å². The van der Waals surface area contributed by atoms with Crippen LogP contribution in [0.4, 0.5) is 13.2 Å². The molecule has 1 heterocycles. The smallest absolute Gasteiger partial charge is 0.389 e. The van der Waals surface area contributed by atoms with Crippen LogP contribution < -0.4 is 0 Å². The molecule has 0 amide bonds. The quantitative estimate of drug-likeness (QED) is 0.813. The number of ether oxygens (including phenoxy) is 1. The van der Waals surface area contributed by atoms with Crippen molar-refractivity contribution in [3.05, 3.63) is 0 Å². The van der Waals surface area contributed by atoms with Gasteiger partial charge < -0.3 is 9.84 Å². The van der Waals surface area contributed by atoms with Gasteiger partial charge >= 0.3 is 6.18 Å². The van der Waals surface area contributed by atoms with E-state index in [4.69, 9.17) is 9.84 Å². The minimum atomic E-state index is -4.35. The molecule has 0 aromatic rings. The van der Waals surface area contributed by atoms with Crippen LogP contribution in [0.1, 0.15) is 19.8 Å². The topological polar surface area (TPSA) is 66.8 Å². The van der Waals surface area contributed by atoms with Crippen LogP contribution in [-0.2, 0) is 14.8 Å². The summed E-state index contributed by atoms with van der Waals surface area (Å²) in [6.07, 6.45) is -6.93. The van der Waals surface area contributed by atoms with Crippen molar-refractivity contribution < 1.29 is 31.4 Å². The maximum atomic E-state index is 12.0. The van der Waals surface area contributed by atoms with E-state index in [2.05, 4.69) is 0 Å². The Morgan fingerprint density at radius 2 is 2.00 bits per heavy atom. The molecule has 114 valence electrons. The summed E-state index contributed by atoms with van der Waals surface area (Å²) in [5.41, 5.74) is 0. The Balaban J connectivity index is 2.56. The molecule has 1 saturated heterocycles. The lowest BCUT2D eigenvalue weighted by Crippen LogP contribution is -2.50. The number of alkyl halides is 3. The predicted octanol–water partition coefficient (Wildman–Crippen LogP) is 0.740. The molecule has 0 radical (unpaired) electrons. The molecule has 2 unspecified atom stereocenters. The fourth-order valence-corrected chi connectivity index (χ4v) is 3.51. The third kappa shape index (κ3) is 5.64. The van der Waals surface area contributed by atoms with Crippen molar-refractivity contribution in [3.8, 4) is 0 Å². The summed E-state index contributed by atoms with van der Waals surface area (Å²) in [6, 6.07) is 0. The first-order valence-electron chi connectivity index (χ1n) is 5.95. The van der Waals surface area contributed by atoms with Crippen LogP contribution >= 0.6 is 0 Å². The average Bonchev–Trinajstić information content (AvgIpc) is 2.26. The van der Waals surface area contributed by atoms with Gasteiger partial charge in [-0.15, -0.1) is 0 Å². The third-order valence-electron chi connectivity index (χ3n) is 2.75. The van der Waals surface area contributed by atoms with Gasteiger partial charge in [-0.05, 0) is 13.3 Å². The van der Waals surface area contributed by atoms with Crippen LogP contribution in [0.2, 0.25) is 0 Å². The largest absolute Gasteiger partial charge is 0.394 e. The van der Waals surface area contributed by atoms with Gasteiger partial charge in [0.05, 0.1) is 24.6 Å². The van der Waals surface area contributed by atoms with Crippen LogP contribution in [-0.4, -0.2) is 61.7 Å². The number of nitrogens with zero attached hydrogens (tertiary/aromatic N) is 1. The summed E-state index contributed by atoms with van der Waals surface area (Å²) in [5, 5.41) is 8.98. The summed E-state index contributed by atoms with van der Waals surface area (Å²) in [4.78, 5) is 0. The lowest BCUT2D eigenvalue weighted by atomic mass is 10.2. The van der Waals surface area contributed by atoms with Gasteiger partial charge in [-0.1, -0.05) is 0 Å². The highest BCUT2D eigenvalue weighted by Crippen LogP contribution is 2.23. The van der Waals surface area contributed by atoms with Crippen LogP contribution in [0.25, 0.3) is 0 Å². The Morgan fingerprint density at radius 1 is 1.37 bits per heavy atom. The molecule has 1 aliphatic rings. The first-order chi connectivity index (χ1) is 8.64. The molecule has 0 aliphatic carbocycles. The van der Waals surface area contributed by atoms with Crippen molar-refractivity contribution in [1.29, 1.82) is 0 Å². The van der Waals surface area contributed by atoms with Crippen molar-refractivity contribution in [2.75, 3.05) is 25.4 Å². The highest BCUT2D eigenvalue weighted by atomic mass is 32.2. The lowest BCUT2D eigenvalue weighted by molar-refractivity contribution is -0.134. The van der Waals surface area contributed by atoms with Crippen LogP contribution in [0.3, 0.4) is 0 Å². The SMILES string of the molecule is CC1CN(S(=O)(=O)CCCC(F)(F)F)CC(CO)O1. The molecule has 19 heavy (non-hydrogen) atoms. The van der Waals surface area contributed by atoms with E-state index < -0.39 is 40.9 Å². The number of aliphatic hydroxyl groups excluding tert-OH is 1. The molecule has 9 heteroatoms. The zero-order valence-electron chi connectivity index (χ0n) is 10.6. The number of hydrogen-bond donors (Lipinski definition) is 1. The number of aliphatic hydroxyl groups is 1. The number of sulfonamides is 1. The number of rotatable bonds is 5. The second-order valence-corrected chi connectivity index (χ2v) is 6.69. The van der Waals surface area contributed by atoms with Gasteiger partial charge in [0.1, 0.15) is 0 Å². The zero-order chi connectivity index (χ0) is 14.7. The van der Waals surface area contributed by atoms with Crippen molar-refractivity contribution in [3.63, 3.8) is 0 Å². The highest BCUT2D eigenvalue weighted by molar-refractivity contribution is 7.89. The molecule has 0 aromatic carbocycles. The fraction of sp³-hybridized carbons (Fsp3) is 1.00. The second-order valence-electron chi connectivity index (χ2n) is 4.60. The van der Waals surface area contributed by atoms with Gasteiger partial charge in [0.15, 0.2) is 0 Å². The molecule has 5 nitrogen and oxygen atoms in total. The molecular formula is C10H18F3NO4S. The predicted molar refractivity (Wildman–Crippen MR) is 62.1 cm³/mol. The molecule has 0 spiro atoms.